The van der Waals surface area contributed by atoms with Crippen LogP contribution >= 0.6 is 0 Å². The number of anilines is 1. The number of fused-ring (bicyclic) bond motifs is 1. The van der Waals surface area contributed by atoms with Crippen LogP contribution in [0, 0.1) is 0 Å². The number of pyridine rings is 1. The SMILES string of the molecule is CCC(C)(CC)n1c(N)nc2cccnc21. The summed E-state index contributed by atoms with van der Waals surface area (Å²) < 4.78 is 2.06. The van der Waals surface area contributed by atoms with Crippen molar-refractivity contribution in [2.24, 2.45) is 0 Å². The summed E-state index contributed by atoms with van der Waals surface area (Å²) in [4.78, 5) is 8.74. The number of hydrogen-bond donors (Lipinski definition) is 1. The van der Waals surface area contributed by atoms with E-state index in [0.29, 0.717) is 5.95 Å². The van der Waals surface area contributed by atoms with Crippen molar-refractivity contribution in [2.45, 2.75) is 39.2 Å². The van der Waals surface area contributed by atoms with Crippen LogP contribution in [0.4, 0.5) is 5.95 Å². The van der Waals surface area contributed by atoms with E-state index in [1.165, 1.54) is 0 Å². The Morgan fingerprint density at radius 1 is 1.38 bits per heavy atom. The van der Waals surface area contributed by atoms with Crippen LogP contribution in [0.5, 0.6) is 0 Å². The van der Waals surface area contributed by atoms with Crippen LogP contribution in [0.15, 0.2) is 18.3 Å². The Morgan fingerprint density at radius 3 is 2.69 bits per heavy atom. The van der Waals surface area contributed by atoms with Gasteiger partial charge in [-0.1, -0.05) is 13.8 Å². The fourth-order valence-corrected chi connectivity index (χ4v) is 2.03. The first-order valence-corrected chi connectivity index (χ1v) is 5.72. The van der Waals surface area contributed by atoms with E-state index in [1.54, 1.807) is 6.20 Å². The molecule has 0 aliphatic rings. The van der Waals surface area contributed by atoms with Gasteiger partial charge in [0.25, 0.3) is 0 Å². The van der Waals surface area contributed by atoms with Gasteiger partial charge < -0.3 is 5.73 Å². The molecule has 0 radical (unpaired) electrons. The molecule has 0 aromatic carbocycles. The molecular weight excluding hydrogens is 200 g/mol. The van der Waals surface area contributed by atoms with Gasteiger partial charge in [-0.2, -0.15) is 0 Å². The first kappa shape index (κ1) is 10.9. The largest absolute Gasteiger partial charge is 0.369 e. The Kier molecular flexibility index (Phi) is 2.58. The lowest BCUT2D eigenvalue weighted by Crippen LogP contribution is -2.29. The Bertz CT molecular complexity index is 497. The van der Waals surface area contributed by atoms with Crippen molar-refractivity contribution in [3.05, 3.63) is 18.3 Å². The molecule has 2 heterocycles. The topological polar surface area (TPSA) is 56.7 Å². The first-order valence-electron chi connectivity index (χ1n) is 5.72. The monoisotopic (exact) mass is 218 g/mol. The molecule has 2 rings (SSSR count). The molecule has 0 bridgehead atoms. The van der Waals surface area contributed by atoms with Crippen molar-refractivity contribution in [1.29, 1.82) is 0 Å². The second kappa shape index (κ2) is 3.77. The fraction of sp³-hybridized carbons (Fsp3) is 0.500. The normalized spacial score (nSPS) is 12.2. The lowest BCUT2D eigenvalue weighted by atomic mass is 9.95. The molecule has 86 valence electrons. The zero-order valence-corrected chi connectivity index (χ0v) is 10.1. The van der Waals surface area contributed by atoms with Crippen molar-refractivity contribution < 1.29 is 0 Å². The van der Waals surface area contributed by atoms with E-state index >= 15 is 0 Å². The Labute approximate surface area is 95.5 Å². The van der Waals surface area contributed by atoms with Crippen LogP contribution in [0.1, 0.15) is 33.6 Å². The minimum Gasteiger partial charge on any atom is -0.369 e. The molecule has 0 unspecified atom stereocenters. The second-order valence-electron chi connectivity index (χ2n) is 4.36. The summed E-state index contributed by atoms with van der Waals surface area (Å²) in [6, 6.07) is 3.83. The summed E-state index contributed by atoms with van der Waals surface area (Å²) in [5.41, 5.74) is 7.75. The van der Waals surface area contributed by atoms with Crippen molar-refractivity contribution in [3.8, 4) is 0 Å². The Morgan fingerprint density at radius 2 is 2.06 bits per heavy atom. The maximum absolute atomic E-state index is 6.00. The van der Waals surface area contributed by atoms with E-state index in [-0.39, 0.29) is 5.54 Å². The Balaban J connectivity index is 2.72. The van der Waals surface area contributed by atoms with Crippen LogP contribution in [-0.4, -0.2) is 14.5 Å². The molecule has 0 fully saturated rings. The van der Waals surface area contributed by atoms with Crippen LogP contribution in [0.3, 0.4) is 0 Å². The minimum atomic E-state index is -0.00676. The maximum Gasteiger partial charge on any atom is 0.202 e. The average Bonchev–Trinajstić information content (AvgIpc) is 2.64. The number of imidazole rings is 1. The molecule has 0 spiro atoms. The van der Waals surface area contributed by atoms with Crippen LogP contribution < -0.4 is 5.73 Å². The van der Waals surface area contributed by atoms with Gasteiger partial charge in [-0.05, 0) is 31.9 Å². The third-order valence-corrected chi connectivity index (χ3v) is 3.51. The van der Waals surface area contributed by atoms with Gasteiger partial charge in [-0.25, -0.2) is 9.97 Å². The van der Waals surface area contributed by atoms with Gasteiger partial charge in [0.1, 0.15) is 5.52 Å². The lowest BCUT2D eigenvalue weighted by molar-refractivity contribution is 0.305. The molecule has 0 saturated carbocycles. The van der Waals surface area contributed by atoms with Gasteiger partial charge >= 0.3 is 0 Å². The number of nitrogens with zero attached hydrogens (tertiary/aromatic N) is 3. The van der Waals surface area contributed by atoms with Gasteiger partial charge in [0, 0.05) is 11.7 Å². The zero-order valence-electron chi connectivity index (χ0n) is 10.1. The third-order valence-electron chi connectivity index (χ3n) is 3.51. The highest BCUT2D eigenvalue weighted by atomic mass is 15.2. The average molecular weight is 218 g/mol. The molecule has 2 aromatic rings. The molecule has 0 atom stereocenters. The molecule has 0 saturated heterocycles. The molecule has 4 nitrogen and oxygen atoms in total. The highest BCUT2D eigenvalue weighted by molar-refractivity contribution is 5.74. The quantitative estimate of drug-likeness (QED) is 0.861. The standard InChI is InChI=1S/C12H18N4/c1-4-12(3,5-2)16-10-9(15-11(16)13)7-6-8-14-10/h6-8H,4-5H2,1-3H3,(H2,13,15). The fourth-order valence-electron chi connectivity index (χ4n) is 2.03. The predicted molar refractivity (Wildman–Crippen MR) is 66.2 cm³/mol. The molecule has 0 aliphatic heterocycles. The van der Waals surface area contributed by atoms with Crippen LogP contribution in [0.25, 0.3) is 11.2 Å². The molecule has 4 heteroatoms. The zero-order chi connectivity index (χ0) is 11.8. The number of nitrogen functional groups attached to an aromatic ring is 1. The summed E-state index contributed by atoms with van der Waals surface area (Å²) in [6.07, 6.45) is 3.80. The summed E-state index contributed by atoms with van der Waals surface area (Å²) in [5.74, 6) is 0.555. The summed E-state index contributed by atoms with van der Waals surface area (Å²) >= 11 is 0. The van der Waals surface area contributed by atoms with Gasteiger partial charge in [0.2, 0.25) is 5.95 Å². The van der Waals surface area contributed by atoms with Gasteiger partial charge in [-0.3, -0.25) is 4.57 Å². The van der Waals surface area contributed by atoms with Crippen molar-refractivity contribution in [1.82, 2.24) is 14.5 Å². The molecule has 0 amide bonds. The molecule has 0 aliphatic carbocycles. The smallest absolute Gasteiger partial charge is 0.202 e. The van der Waals surface area contributed by atoms with E-state index in [2.05, 4.69) is 35.3 Å². The lowest BCUT2D eigenvalue weighted by Gasteiger charge is -2.29. The molecule has 2 aromatic heterocycles. The van der Waals surface area contributed by atoms with E-state index in [1.807, 2.05) is 12.1 Å². The maximum atomic E-state index is 6.00. The summed E-state index contributed by atoms with van der Waals surface area (Å²) in [5, 5.41) is 0. The number of rotatable bonds is 3. The van der Waals surface area contributed by atoms with E-state index in [0.717, 1.165) is 24.0 Å². The number of hydrogen-bond acceptors (Lipinski definition) is 3. The molecule has 2 N–H and O–H groups in total. The molecular formula is C12H18N4. The van der Waals surface area contributed by atoms with Crippen molar-refractivity contribution >= 4 is 17.1 Å². The minimum absolute atomic E-state index is 0.00676. The Hall–Kier alpha value is -1.58. The van der Waals surface area contributed by atoms with E-state index < -0.39 is 0 Å². The van der Waals surface area contributed by atoms with E-state index in [4.69, 9.17) is 5.73 Å². The first-order chi connectivity index (χ1) is 7.62. The highest BCUT2D eigenvalue weighted by Crippen LogP contribution is 2.30. The number of aromatic nitrogens is 3. The molecule has 16 heavy (non-hydrogen) atoms. The second-order valence-corrected chi connectivity index (χ2v) is 4.36. The van der Waals surface area contributed by atoms with Crippen molar-refractivity contribution in [2.75, 3.05) is 5.73 Å². The van der Waals surface area contributed by atoms with Gasteiger partial charge in [-0.15, -0.1) is 0 Å². The number of nitrogens with two attached hydrogens (primary N) is 1. The highest BCUT2D eigenvalue weighted by Gasteiger charge is 2.26. The third kappa shape index (κ3) is 1.45. The predicted octanol–water partition coefficient (Wildman–Crippen LogP) is 2.55. The van der Waals surface area contributed by atoms with Crippen molar-refractivity contribution in [3.63, 3.8) is 0 Å². The summed E-state index contributed by atoms with van der Waals surface area (Å²) in [6.45, 7) is 6.52. The van der Waals surface area contributed by atoms with Crippen LogP contribution in [0.2, 0.25) is 0 Å². The summed E-state index contributed by atoms with van der Waals surface area (Å²) in [7, 11) is 0. The van der Waals surface area contributed by atoms with Gasteiger partial charge in [0.05, 0.1) is 0 Å². The van der Waals surface area contributed by atoms with E-state index in [9.17, 15) is 0 Å². The van der Waals surface area contributed by atoms with Crippen LogP contribution in [-0.2, 0) is 5.54 Å². The van der Waals surface area contributed by atoms with Gasteiger partial charge in [0.15, 0.2) is 5.65 Å².